The number of carbonyl (C=O) groups is 1. The molecule has 1 aliphatic rings. The standard InChI is InChI=1S/C19H22N2O/c1-3-21-17-10-8-15(12-14(17)9-11-18(21)22)19(20)16-7-5-4-6-13(16)2/h4-8,10,12,19H,3,9,11,20H2,1-2H3. The molecule has 2 aromatic rings. The summed E-state index contributed by atoms with van der Waals surface area (Å²) < 4.78 is 0. The normalized spacial score (nSPS) is 15.6. The number of hydrogen-bond donors (Lipinski definition) is 1. The molecule has 0 aromatic heterocycles. The summed E-state index contributed by atoms with van der Waals surface area (Å²) in [4.78, 5) is 13.8. The molecule has 0 saturated carbocycles. The Bertz CT molecular complexity index is 708. The molecule has 1 unspecified atom stereocenters. The maximum Gasteiger partial charge on any atom is 0.227 e. The largest absolute Gasteiger partial charge is 0.320 e. The molecule has 0 aliphatic carbocycles. The van der Waals surface area contributed by atoms with Crippen LogP contribution in [0.3, 0.4) is 0 Å². The maximum absolute atomic E-state index is 12.0. The van der Waals surface area contributed by atoms with E-state index in [1.165, 1.54) is 11.1 Å². The van der Waals surface area contributed by atoms with Crippen molar-refractivity contribution in [3.63, 3.8) is 0 Å². The monoisotopic (exact) mass is 294 g/mol. The van der Waals surface area contributed by atoms with Crippen LogP contribution >= 0.6 is 0 Å². The molecule has 3 heteroatoms. The van der Waals surface area contributed by atoms with Crippen molar-refractivity contribution >= 4 is 11.6 Å². The molecule has 3 nitrogen and oxygen atoms in total. The van der Waals surface area contributed by atoms with Gasteiger partial charge in [0, 0.05) is 18.7 Å². The third kappa shape index (κ3) is 2.53. The minimum atomic E-state index is -0.126. The summed E-state index contributed by atoms with van der Waals surface area (Å²) in [6.45, 7) is 4.82. The van der Waals surface area contributed by atoms with Crippen molar-refractivity contribution in [2.45, 2.75) is 32.7 Å². The first kappa shape index (κ1) is 14.8. The quantitative estimate of drug-likeness (QED) is 0.943. The lowest BCUT2D eigenvalue weighted by Gasteiger charge is -2.29. The summed E-state index contributed by atoms with van der Waals surface area (Å²) in [5, 5.41) is 0. The van der Waals surface area contributed by atoms with Crippen molar-refractivity contribution in [3.05, 3.63) is 64.7 Å². The lowest BCUT2D eigenvalue weighted by Crippen LogP contribution is -2.34. The lowest BCUT2D eigenvalue weighted by molar-refractivity contribution is -0.118. The van der Waals surface area contributed by atoms with Crippen LogP contribution in [0, 0.1) is 6.92 Å². The van der Waals surface area contributed by atoms with E-state index in [1.807, 2.05) is 30.0 Å². The molecule has 2 N–H and O–H groups in total. The van der Waals surface area contributed by atoms with Crippen LogP contribution in [0.2, 0.25) is 0 Å². The second-order valence-electron chi connectivity index (χ2n) is 5.86. The van der Waals surface area contributed by atoms with Crippen molar-refractivity contribution in [1.82, 2.24) is 0 Å². The van der Waals surface area contributed by atoms with E-state index in [1.54, 1.807) is 0 Å². The first-order chi connectivity index (χ1) is 10.6. The predicted octanol–water partition coefficient (Wildman–Crippen LogP) is 3.34. The summed E-state index contributed by atoms with van der Waals surface area (Å²) in [7, 11) is 0. The number of benzene rings is 2. The third-order valence-electron chi connectivity index (χ3n) is 4.50. The number of hydrogen-bond acceptors (Lipinski definition) is 2. The topological polar surface area (TPSA) is 46.3 Å². The fraction of sp³-hybridized carbons (Fsp3) is 0.316. The van der Waals surface area contributed by atoms with Crippen LogP contribution in [0.4, 0.5) is 5.69 Å². The fourth-order valence-corrected chi connectivity index (χ4v) is 3.24. The summed E-state index contributed by atoms with van der Waals surface area (Å²) in [6, 6.07) is 14.4. The Labute approximate surface area is 131 Å². The first-order valence-corrected chi connectivity index (χ1v) is 7.86. The molecule has 2 aromatic carbocycles. The van der Waals surface area contributed by atoms with E-state index in [4.69, 9.17) is 5.73 Å². The molecule has 1 aliphatic heterocycles. The Kier molecular flexibility index (Phi) is 3.99. The highest BCUT2D eigenvalue weighted by molar-refractivity contribution is 5.96. The van der Waals surface area contributed by atoms with E-state index in [0.717, 1.165) is 29.8 Å². The second kappa shape index (κ2) is 5.93. The van der Waals surface area contributed by atoms with E-state index >= 15 is 0 Å². The van der Waals surface area contributed by atoms with E-state index in [2.05, 4.69) is 31.2 Å². The minimum absolute atomic E-state index is 0.126. The van der Waals surface area contributed by atoms with Gasteiger partial charge in [0.25, 0.3) is 0 Å². The van der Waals surface area contributed by atoms with Gasteiger partial charge in [0.05, 0.1) is 6.04 Å². The van der Waals surface area contributed by atoms with Gasteiger partial charge in [-0.15, -0.1) is 0 Å². The van der Waals surface area contributed by atoms with Gasteiger partial charge in [-0.25, -0.2) is 0 Å². The first-order valence-electron chi connectivity index (χ1n) is 7.86. The number of rotatable bonds is 3. The van der Waals surface area contributed by atoms with Gasteiger partial charge < -0.3 is 10.6 Å². The molecule has 1 atom stereocenters. The van der Waals surface area contributed by atoms with Crippen molar-refractivity contribution in [2.24, 2.45) is 5.73 Å². The molecule has 114 valence electrons. The van der Waals surface area contributed by atoms with Crippen molar-refractivity contribution < 1.29 is 4.79 Å². The molecule has 22 heavy (non-hydrogen) atoms. The molecule has 1 heterocycles. The number of anilines is 1. The number of aryl methyl sites for hydroxylation is 2. The van der Waals surface area contributed by atoms with Gasteiger partial charge >= 0.3 is 0 Å². The smallest absolute Gasteiger partial charge is 0.227 e. The Balaban J connectivity index is 1.97. The van der Waals surface area contributed by atoms with Gasteiger partial charge in [0.15, 0.2) is 0 Å². The van der Waals surface area contributed by atoms with Crippen LogP contribution < -0.4 is 10.6 Å². The zero-order valence-electron chi connectivity index (χ0n) is 13.2. The van der Waals surface area contributed by atoms with Crippen molar-refractivity contribution in [3.8, 4) is 0 Å². The molecule has 0 fully saturated rings. The summed E-state index contributed by atoms with van der Waals surface area (Å²) >= 11 is 0. The molecule has 0 bridgehead atoms. The van der Waals surface area contributed by atoms with Gasteiger partial charge in [-0.3, -0.25) is 4.79 Å². The summed E-state index contributed by atoms with van der Waals surface area (Å²) in [5.74, 6) is 0.214. The zero-order valence-corrected chi connectivity index (χ0v) is 13.2. The van der Waals surface area contributed by atoms with Crippen LogP contribution in [-0.2, 0) is 11.2 Å². The average molecular weight is 294 g/mol. The van der Waals surface area contributed by atoms with Gasteiger partial charge in [-0.05, 0) is 48.6 Å². The van der Waals surface area contributed by atoms with Crippen LogP contribution in [0.5, 0.6) is 0 Å². The van der Waals surface area contributed by atoms with Crippen molar-refractivity contribution in [1.29, 1.82) is 0 Å². The maximum atomic E-state index is 12.0. The highest BCUT2D eigenvalue weighted by atomic mass is 16.2. The molecule has 0 saturated heterocycles. The summed E-state index contributed by atoms with van der Waals surface area (Å²) in [6.07, 6.45) is 1.39. The summed E-state index contributed by atoms with van der Waals surface area (Å²) in [5.41, 5.74) is 12.2. The highest BCUT2D eigenvalue weighted by Gasteiger charge is 2.23. The Hall–Kier alpha value is -2.13. The third-order valence-corrected chi connectivity index (χ3v) is 4.50. The predicted molar refractivity (Wildman–Crippen MR) is 90.0 cm³/mol. The Morgan fingerprint density at radius 3 is 2.68 bits per heavy atom. The van der Waals surface area contributed by atoms with E-state index in [-0.39, 0.29) is 11.9 Å². The van der Waals surface area contributed by atoms with E-state index < -0.39 is 0 Å². The minimum Gasteiger partial charge on any atom is -0.320 e. The number of fused-ring (bicyclic) bond motifs is 1. The van der Waals surface area contributed by atoms with E-state index in [0.29, 0.717) is 6.42 Å². The second-order valence-corrected chi connectivity index (χ2v) is 5.86. The van der Waals surface area contributed by atoms with Crippen molar-refractivity contribution in [2.75, 3.05) is 11.4 Å². The van der Waals surface area contributed by atoms with Crippen LogP contribution in [0.25, 0.3) is 0 Å². The van der Waals surface area contributed by atoms with Gasteiger partial charge in [0.1, 0.15) is 0 Å². The molecule has 1 amide bonds. The van der Waals surface area contributed by atoms with Gasteiger partial charge in [-0.2, -0.15) is 0 Å². The molecule has 0 radical (unpaired) electrons. The molecular formula is C19H22N2O. The number of nitrogens with two attached hydrogens (primary N) is 1. The van der Waals surface area contributed by atoms with Crippen LogP contribution in [-0.4, -0.2) is 12.5 Å². The SMILES string of the molecule is CCN1C(=O)CCc2cc(C(N)c3ccccc3C)ccc21. The highest BCUT2D eigenvalue weighted by Crippen LogP contribution is 2.31. The fourth-order valence-electron chi connectivity index (χ4n) is 3.24. The molecular weight excluding hydrogens is 272 g/mol. The van der Waals surface area contributed by atoms with Gasteiger partial charge in [0.2, 0.25) is 5.91 Å². The van der Waals surface area contributed by atoms with E-state index in [9.17, 15) is 4.79 Å². The Morgan fingerprint density at radius 2 is 1.95 bits per heavy atom. The number of carbonyl (C=O) groups excluding carboxylic acids is 1. The number of amides is 1. The Morgan fingerprint density at radius 1 is 1.18 bits per heavy atom. The molecule has 3 rings (SSSR count). The molecule has 0 spiro atoms. The zero-order chi connectivity index (χ0) is 15.7. The average Bonchev–Trinajstić information content (AvgIpc) is 2.54. The van der Waals surface area contributed by atoms with Gasteiger partial charge in [-0.1, -0.05) is 36.4 Å². The number of nitrogens with zero attached hydrogens (tertiary/aromatic N) is 1. The van der Waals surface area contributed by atoms with Crippen LogP contribution in [0.15, 0.2) is 42.5 Å². The lowest BCUT2D eigenvalue weighted by atomic mass is 9.92. The van der Waals surface area contributed by atoms with Crippen LogP contribution in [0.1, 0.15) is 41.6 Å².